The maximum Gasteiger partial charge on any atom is 0.171 e. The monoisotopic (exact) mass is 329 g/mol. The van der Waals surface area contributed by atoms with E-state index in [1.165, 1.54) is 5.56 Å². The van der Waals surface area contributed by atoms with Gasteiger partial charge in [0, 0.05) is 18.3 Å². The Morgan fingerprint density at radius 2 is 1.87 bits per heavy atom. The summed E-state index contributed by atoms with van der Waals surface area (Å²) in [4.78, 5) is 2.14. The molecule has 0 aliphatic carbocycles. The van der Waals surface area contributed by atoms with Gasteiger partial charge in [-0.05, 0) is 44.0 Å². The molecule has 0 fully saturated rings. The van der Waals surface area contributed by atoms with E-state index in [1.807, 2.05) is 42.5 Å². The standard InChI is InChI=1S/C18H23N3OS/c1-21(2)13-17(14-8-5-4-6-9-14)20-18(23)19-15-10-7-11-16(12-15)22-3/h4-12,17H,13H2,1-3H3,(H2,19,20,23)/t17-/m1/s1. The van der Waals surface area contributed by atoms with Crippen LogP contribution in [-0.2, 0) is 0 Å². The van der Waals surface area contributed by atoms with Crippen molar-refractivity contribution in [3.05, 3.63) is 60.2 Å². The van der Waals surface area contributed by atoms with Crippen LogP contribution >= 0.6 is 12.2 Å². The van der Waals surface area contributed by atoms with Gasteiger partial charge in [-0.15, -0.1) is 0 Å². The van der Waals surface area contributed by atoms with E-state index in [0.717, 1.165) is 18.0 Å². The van der Waals surface area contributed by atoms with Crippen molar-refractivity contribution in [3.63, 3.8) is 0 Å². The average molecular weight is 329 g/mol. The molecule has 0 aliphatic rings. The lowest BCUT2D eigenvalue weighted by molar-refractivity contribution is 0.363. The molecule has 0 amide bonds. The molecule has 0 saturated carbocycles. The molecule has 0 aliphatic heterocycles. The Bertz CT molecular complexity index is 631. The van der Waals surface area contributed by atoms with Crippen LogP contribution in [0.4, 0.5) is 5.69 Å². The fraction of sp³-hybridized carbons (Fsp3) is 0.278. The molecule has 2 aromatic carbocycles. The quantitative estimate of drug-likeness (QED) is 0.796. The lowest BCUT2D eigenvalue weighted by Crippen LogP contribution is -2.37. The number of ether oxygens (including phenoxy) is 1. The largest absolute Gasteiger partial charge is 0.497 e. The van der Waals surface area contributed by atoms with Gasteiger partial charge in [-0.2, -0.15) is 0 Å². The molecule has 2 rings (SSSR count). The number of nitrogens with one attached hydrogen (secondary N) is 2. The first-order valence-electron chi connectivity index (χ1n) is 7.49. The van der Waals surface area contributed by atoms with Crippen LogP contribution in [0, 0.1) is 0 Å². The molecule has 0 bridgehead atoms. The first kappa shape index (κ1) is 17.2. The minimum absolute atomic E-state index is 0.122. The summed E-state index contributed by atoms with van der Waals surface area (Å²) in [6, 6.07) is 18.1. The van der Waals surface area contributed by atoms with E-state index in [-0.39, 0.29) is 6.04 Å². The van der Waals surface area contributed by atoms with Crippen molar-refractivity contribution in [2.45, 2.75) is 6.04 Å². The fourth-order valence-electron chi connectivity index (χ4n) is 2.31. The van der Waals surface area contributed by atoms with Crippen molar-refractivity contribution in [1.29, 1.82) is 0 Å². The third kappa shape index (κ3) is 5.54. The molecule has 1 atom stereocenters. The van der Waals surface area contributed by atoms with Crippen LogP contribution in [0.2, 0.25) is 0 Å². The van der Waals surface area contributed by atoms with Gasteiger partial charge < -0.3 is 20.3 Å². The predicted molar refractivity (Wildman–Crippen MR) is 100 cm³/mol. The molecule has 4 nitrogen and oxygen atoms in total. The van der Waals surface area contributed by atoms with Crippen molar-refractivity contribution in [2.75, 3.05) is 33.1 Å². The van der Waals surface area contributed by atoms with Gasteiger partial charge in [0.25, 0.3) is 0 Å². The highest BCUT2D eigenvalue weighted by molar-refractivity contribution is 7.80. The zero-order chi connectivity index (χ0) is 16.7. The molecule has 0 aromatic heterocycles. The van der Waals surface area contributed by atoms with Gasteiger partial charge >= 0.3 is 0 Å². The lowest BCUT2D eigenvalue weighted by Gasteiger charge is -2.24. The third-order valence-corrected chi connectivity index (χ3v) is 3.60. The summed E-state index contributed by atoms with van der Waals surface area (Å²) in [6.07, 6.45) is 0. The van der Waals surface area contributed by atoms with Crippen LogP contribution in [0.15, 0.2) is 54.6 Å². The van der Waals surface area contributed by atoms with Gasteiger partial charge in [0.15, 0.2) is 5.11 Å². The Hall–Kier alpha value is -2.11. The minimum atomic E-state index is 0.122. The lowest BCUT2D eigenvalue weighted by atomic mass is 10.1. The van der Waals surface area contributed by atoms with E-state index in [0.29, 0.717) is 5.11 Å². The summed E-state index contributed by atoms with van der Waals surface area (Å²) >= 11 is 5.46. The van der Waals surface area contributed by atoms with Crippen molar-refractivity contribution in [1.82, 2.24) is 10.2 Å². The van der Waals surface area contributed by atoms with Crippen molar-refractivity contribution in [2.24, 2.45) is 0 Å². The molecule has 0 radical (unpaired) electrons. The Balaban J connectivity index is 2.05. The Morgan fingerprint density at radius 3 is 2.52 bits per heavy atom. The van der Waals surface area contributed by atoms with E-state index in [9.17, 15) is 0 Å². The second kappa shape index (κ2) is 8.50. The number of rotatable bonds is 6. The summed E-state index contributed by atoms with van der Waals surface area (Å²) < 4.78 is 5.23. The van der Waals surface area contributed by atoms with E-state index in [2.05, 4.69) is 41.8 Å². The van der Waals surface area contributed by atoms with Gasteiger partial charge in [-0.3, -0.25) is 0 Å². The average Bonchev–Trinajstić information content (AvgIpc) is 2.54. The Labute approximate surface area is 143 Å². The second-order valence-electron chi connectivity index (χ2n) is 5.56. The van der Waals surface area contributed by atoms with Crippen molar-refractivity contribution >= 4 is 23.0 Å². The molecule has 2 aromatic rings. The van der Waals surface area contributed by atoms with Gasteiger partial charge in [0.2, 0.25) is 0 Å². The minimum Gasteiger partial charge on any atom is -0.497 e. The van der Waals surface area contributed by atoms with Gasteiger partial charge in [-0.25, -0.2) is 0 Å². The highest BCUT2D eigenvalue weighted by atomic mass is 32.1. The molecule has 2 N–H and O–H groups in total. The molecular formula is C18H23N3OS. The maximum absolute atomic E-state index is 5.46. The van der Waals surface area contributed by atoms with Crippen LogP contribution in [0.1, 0.15) is 11.6 Å². The zero-order valence-electron chi connectivity index (χ0n) is 13.7. The summed E-state index contributed by atoms with van der Waals surface area (Å²) in [7, 11) is 5.75. The highest BCUT2D eigenvalue weighted by Gasteiger charge is 2.13. The number of hydrogen-bond acceptors (Lipinski definition) is 3. The first-order valence-corrected chi connectivity index (χ1v) is 7.90. The number of thiocarbonyl (C=S) groups is 1. The third-order valence-electron chi connectivity index (χ3n) is 3.38. The fourth-order valence-corrected chi connectivity index (χ4v) is 2.57. The highest BCUT2D eigenvalue weighted by Crippen LogP contribution is 2.18. The van der Waals surface area contributed by atoms with Crippen LogP contribution in [0.25, 0.3) is 0 Å². The van der Waals surface area contributed by atoms with Gasteiger partial charge in [0.05, 0.1) is 13.2 Å². The summed E-state index contributed by atoms with van der Waals surface area (Å²) in [5.74, 6) is 0.797. The SMILES string of the molecule is COc1cccc(NC(=S)N[C@H](CN(C)C)c2ccccc2)c1. The topological polar surface area (TPSA) is 36.5 Å². The number of anilines is 1. The molecular weight excluding hydrogens is 306 g/mol. The Kier molecular flexibility index (Phi) is 6.38. The molecule has 23 heavy (non-hydrogen) atoms. The predicted octanol–water partition coefficient (Wildman–Crippen LogP) is 3.28. The first-order chi connectivity index (χ1) is 11.1. The van der Waals surface area contributed by atoms with Gasteiger partial charge in [0.1, 0.15) is 5.75 Å². The smallest absolute Gasteiger partial charge is 0.171 e. The van der Waals surface area contributed by atoms with E-state index < -0.39 is 0 Å². The van der Waals surface area contributed by atoms with Crippen LogP contribution < -0.4 is 15.4 Å². The molecule has 0 heterocycles. The van der Waals surface area contributed by atoms with Crippen LogP contribution in [0.5, 0.6) is 5.75 Å². The van der Waals surface area contributed by atoms with Gasteiger partial charge in [-0.1, -0.05) is 36.4 Å². The Morgan fingerprint density at radius 1 is 1.13 bits per heavy atom. The second-order valence-corrected chi connectivity index (χ2v) is 5.96. The molecule has 0 saturated heterocycles. The van der Waals surface area contributed by atoms with E-state index in [1.54, 1.807) is 7.11 Å². The molecule has 122 valence electrons. The molecule has 5 heteroatoms. The van der Waals surface area contributed by atoms with E-state index >= 15 is 0 Å². The summed E-state index contributed by atoms with van der Waals surface area (Å²) in [5.41, 5.74) is 2.11. The molecule has 0 unspecified atom stereocenters. The normalized spacial score (nSPS) is 11.8. The van der Waals surface area contributed by atoms with Crippen molar-refractivity contribution in [3.8, 4) is 5.75 Å². The van der Waals surface area contributed by atoms with Crippen molar-refractivity contribution < 1.29 is 4.74 Å². The zero-order valence-corrected chi connectivity index (χ0v) is 14.6. The number of benzene rings is 2. The molecule has 0 spiro atoms. The van der Waals surface area contributed by atoms with Crippen LogP contribution in [-0.4, -0.2) is 37.8 Å². The number of hydrogen-bond donors (Lipinski definition) is 2. The summed E-state index contributed by atoms with van der Waals surface area (Å²) in [5, 5.41) is 7.19. The van der Waals surface area contributed by atoms with E-state index in [4.69, 9.17) is 17.0 Å². The maximum atomic E-state index is 5.46. The number of methoxy groups -OCH3 is 1. The number of likely N-dealkylation sites (N-methyl/N-ethyl adjacent to an activating group) is 1. The number of nitrogens with zero attached hydrogens (tertiary/aromatic N) is 1. The summed E-state index contributed by atoms with van der Waals surface area (Å²) in [6.45, 7) is 0.851. The van der Waals surface area contributed by atoms with Crippen LogP contribution in [0.3, 0.4) is 0 Å².